The standard InChI is InChI=1S/C13H16F2N4O/c1-19-8-17-18-12(19)5-6-16-7-11(20)13-9(14)3-2-4-10(13)15/h2-4,8,11,16,20H,5-7H2,1H3. The maximum absolute atomic E-state index is 13.4. The molecular formula is C13H16F2N4O. The fourth-order valence-electron chi connectivity index (χ4n) is 1.90. The smallest absolute Gasteiger partial charge is 0.133 e. The van der Waals surface area contributed by atoms with Crippen LogP contribution in [0.2, 0.25) is 0 Å². The molecular weight excluding hydrogens is 266 g/mol. The molecule has 0 saturated carbocycles. The molecule has 0 radical (unpaired) electrons. The Labute approximate surface area is 115 Å². The second-order valence-corrected chi connectivity index (χ2v) is 4.46. The van der Waals surface area contributed by atoms with E-state index in [4.69, 9.17) is 0 Å². The largest absolute Gasteiger partial charge is 0.387 e. The predicted molar refractivity (Wildman–Crippen MR) is 68.9 cm³/mol. The number of nitrogens with zero attached hydrogens (tertiary/aromatic N) is 3. The Bertz CT molecular complexity index is 553. The summed E-state index contributed by atoms with van der Waals surface area (Å²) in [6.07, 6.45) is 0.984. The van der Waals surface area contributed by atoms with Crippen molar-refractivity contribution in [2.75, 3.05) is 13.1 Å². The van der Waals surface area contributed by atoms with Crippen molar-refractivity contribution >= 4 is 0 Å². The number of hydrogen-bond donors (Lipinski definition) is 2. The molecule has 0 saturated heterocycles. The van der Waals surface area contributed by atoms with Crippen molar-refractivity contribution in [1.29, 1.82) is 0 Å². The van der Waals surface area contributed by atoms with E-state index in [1.54, 1.807) is 10.9 Å². The Morgan fingerprint density at radius 3 is 2.65 bits per heavy atom. The Morgan fingerprint density at radius 1 is 1.35 bits per heavy atom. The summed E-state index contributed by atoms with van der Waals surface area (Å²) in [5.41, 5.74) is -0.307. The minimum absolute atomic E-state index is 0.0652. The van der Waals surface area contributed by atoms with Gasteiger partial charge in [-0.3, -0.25) is 0 Å². The van der Waals surface area contributed by atoms with Crippen molar-refractivity contribution in [3.8, 4) is 0 Å². The van der Waals surface area contributed by atoms with Crippen molar-refractivity contribution in [3.05, 3.63) is 47.5 Å². The zero-order valence-corrected chi connectivity index (χ0v) is 11.1. The third-order valence-electron chi connectivity index (χ3n) is 3.00. The van der Waals surface area contributed by atoms with Crippen LogP contribution in [0.5, 0.6) is 0 Å². The average Bonchev–Trinajstić information content (AvgIpc) is 2.80. The number of aliphatic hydroxyl groups is 1. The number of hydrogen-bond acceptors (Lipinski definition) is 4. The van der Waals surface area contributed by atoms with Crippen LogP contribution in [0.15, 0.2) is 24.5 Å². The van der Waals surface area contributed by atoms with Crippen LogP contribution in [0, 0.1) is 11.6 Å². The molecule has 5 nitrogen and oxygen atoms in total. The van der Waals surface area contributed by atoms with Crippen LogP contribution in [0.4, 0.5) is 8.78 Å². The summed E-state index contributed by atoms with van der Waals surface area (Å²) >= 11 is 0. The van der Waals surface area contributed by atoms with E-state index in [1.165, 1.54) is 6.07 Å². The number of aryl methyl sites for hydroxylation is 1. The first-order chi connectivity index (χ1) is 9.59. The number of benzene rings is 1. The molecule has 0 amide bonds. The molecule has 1 aromatic heterocycles. The summed E-state index contributed by atoms with van der Waals surface area (Å²) < 4.78 is 28.7. The van der Waals surface area contributed by atoms with Crippen LogP contribution in [0.3, 0.4) is 0 Å². The highest BCUT2D eigenvalue weighted by atomic mass is 19.1. The van der Waals surface area contributed by atoms with Gasteiger partial charge in [0.15, 0.2) is 0 Å². The fourth-order valence-corrected chi connectivity index (χ4v) is 1.90. The molecule has 2 N–H and O–H groups in total. The zero-order chi connectivity index (χ0) is 14.5. The van der Waals surface area contributed by atoms with Gasteiger partial charge in [-0.05, 0) is 12.1 Å². The van der Waals surface area contributed by atoms with E-state index in [0.717, 1.165) is 18.0 Å². The van der Waals surface area contributed by atoms with Gasteiger partial charge in [-0.25, -0.2) is 8.78 Å². The molecule has 0 aliphatic carbocycles. The van der Waals surface area contributed by atoms with Crippen molar-refractivity contribution < 1.29 is 13.9 Å². The van der Waals surface area contributed by atoms with Gasteiger partial charge in [-0.2, -0.15) is 0 Å². The molecule has 108 valence electrons. The second-order valence-electron chi connectivity index (χ2n) is 4.46. The van der Waals surface area contributed by atoms with E-state index < -0.39 is 17.7 Å². The van der Waals surface area contributed by atoms with Gasteiger partial charge in [-0.15, -0.1) is 10.2 Å². The second kappa shape index (κ2) is 6.53. The van der Waals surface area contributed by atoms with Crippen LogP contribution in [-0.2, 0) is 13.5 Å². The van der Waals surface area contributed by atoms with Crippen LogP contribution < -0.4 is 5.32 Å². The fraction of sp³-hybridized carbons (Fsp3) is 0.385. The first kappa shape index (κ1) is 14.5. The lowest BCUT2D eigenvalue weighted by atomic mass is 10.1. The average molecular weight is 282 g/mol. The van der Waals surface area contributed by atoms with Crippen LogP contribution in [0.25, 0.3) is 0 Å². The molecule has 0 spiro atoms. The summed E-state index contributed by atoms with van der Waals surface area (Å²) in [5, 5.41) is 20.4. The topological polar surface area (TPSA) is 63.0 Å². The van der Waals surface area contributed by atoms with Crippen LogP contribution in [0.1, 0.15) is 17.5 Å². The van der Waals surface area contributed by atoms with Crippen LogP contribution >= 0.6 is 0 Å². The first-order valence-electron chi connectivity index (χ1n) is 6.25. The van der Waals surface area contributed by atoms with Gasteiger partial charge in [0.05, 0.1) is 11.7 Å². The van der Waals surface area contributed by atoms with E-state index in [0.29, 0.717) is 13.0 Å². The van der Waals surface area contributed by atoms with Gasteiger partial charge < -0.3 is 15.0 Å². The molecule has 20 heavy (non-hydrogen) atoms. The number of halogens is 2. The molecule has 1 unspecified atom stereocenters. The van der Waals surface area contributed by atoms with Gasteiger partial charge in [0, 0.05) is 26.6 Å². The van der Waals surface area contributed by atoms with Gasteiger partial charge in [0.1, 0.15) is 23.8 Å². The van der Waals surface area contributed by atoms with Crippen LogP contribution in [-0.4, -0.2) is 33.0 Å². The molecule has 1 aromatic carbocycles. The van der Waals surface area contributed by atoms with E-state index in [9.17, 15) is 13.9 Å². The highest BCUT2D eigenvalue weighted by Gasteiger charge is 2.17. The minimum Gasteiger partial charge on any atom is -0.387 e. The van der Waals surface area contributed by atoms with Gasteiger partial charge in [0.25, 0.3) is 0 Å². The van der Waals surface area contributed by atoms with E-state index in [1.807, 2.05) is 7.05 Å². The quantitative estimate of drug-likeness (QED) is 0.775. The maximum atomic E-state index is 13.4. The van der Waals surface area contributed by atoms with Crippen molar-refractivity contribution in [2.45, 2.75) is 12.5 Å². The molecule has 1 atom stereocenters. The Balaban J connectivity index is 1.84. The lowest BCUT2D eigenvalue weighted by Gasteiger charge is -2.13. The third kappa shape index (κ3) is 3.37. The van der Waals surface area contributed by atoms with Crippen molar-refractivity contribution in [2.24, 2.45) is 7.05 Å². The lowest BCUT2D eigenvalue weighted by molar-refractivity contribution is 0.165. The molecule has 2 rings (SSSR count). The highest BCUT2D eigenvalue weighted by molar-refractivity contribution is 5.22. The Morgan fingerprint density at radius 2 is 2.05 bits per heavy atom. The van der Waals surface area contributed by atoms with E-state index >= 15 is 0 Å². The summed E-state index contributed by atoms with van der Waals surface area (Å²) in [7, 11) is 1.83. The summed E-state index contributed by atoms with van der Waals surface area (Å²) in [6, 6.07) is 3.52. The zero-order valence-electron chi connectivity index (χ0n) is 11.1. The molecule has 0 bridgehead atoms. The van der Waals surface area contributed by atoms with Crippen molar-refractivity contribution in [3.63, 3.8) is 0 Å². The van der Waals surface area contributed by atoms with Gasteiger partial charge >= 0.3 is 0 Å². The predicted octanol–water partition coefficient (Wildman–Crippen LogP) is 0.959. The molecule has 2 aromatic rings. The summed E-state index contributed by atoms with van der Waals surface area (Å²) in [6.45, 7) is 0.593. The van der Waals surface area contributed by atoms with Crippen molar-refractivity contribution in [1.82, 2.24) is 20.1 Å². The Hall–Kier alpha value is -1.86. The number of nitrogens with one attached hydrogen (secondary N) is 1. The highest BCUT2D eigenvalue weighted by Crippen LogP contribution is 2.19. The number of rotatable bonds is 6. The van der Waals surface area contributed by atoms with Gasteiger partial charge in [-0.1, -0.05) is 6.07 Å². The summed E-state index contributed by atoms with van der Waals surface area (Å²) in [4.78, 5) is 0. The normalized spacial score (nSPS) is 12.6. The number of aromatic nitrogens is 3. The molecule has 1 heterocycles. The molecule has 0 fully saturated rings. The minimum atomic E-state index is -1.23. The molecule has 7 heteroatoms. The Kier molecular flexibility index (Phi) is 4.75. The third-order valence-corrected chi connectivity index (χ3v) is 3.00. The van der Waals surface area contributed by atoms with Gasteiger partial charge in [0.2, 0.25) is 0 Å². The first-order valence-corrected chi connectivity index (χ1v) is 6.25. The molecule has 0 aliphatic heterocycles. The maximum Gasteiger partial charge on any atom is 0.133 e. The summed E-state index contributed by atoms with van der Waals surface area (Å²) in [5.74, 6) is -0.690. The number of aliphatic hydroxyl groups excluding tert-OH is 1. The SMILES string of the molecule is Cn1cnnc1CCNCC(O)c1c(F)cccc1F. The van der Waals surface area contributed by atoms with E-state index in [2.05, 4.69) is 15.5 Å². The van der Waals surface area contributed by atoms with E-state index in [-0.39, 0.29) is 12.1 Å². The monoisotopic (exact) mass is 282 g/mol. The molecule has 0 aliphatic rings. The lowest BCUT2D eigenvalue weighted by Crippen LogP contribution is -2.25.